The fourth-order valence-electron chi connectivity index (χ4n) is 2.07. The van der Waals surface area contributed by atoms with Crippen LogP contribution in [0.2, 0.25) is 0 Å². The second kappa shape index (κ2) is 13.9. The Bertz CT molecular complexity index is 1190. The molecule has 5 heteroatoms. The molecule has 0 saturated carbocycles. The SMILES string of the molecule is C#Cc1ccccc1.O=Cc1cc(Br)cs1.O=Cc1cc(C#Cc2ccccc2)cs1. The van der Waals surface area contributed by atoms with Crippen LogP contribution in [-0.2, 0) is 0 Å². The summed E-state index contributed by atoms with van der Waals surface area (Å²) in [6, 6.07) is 23.0. The standard InChI is InChI=1S/C13H8OS.C8H6.C5H3BrOS/c14-9-13-8-12(10-15-13)7-6-11-4-2-1-3-5-11;1-2-8-6-4-3-5-7-8;6-4-1-5(2-7)8-3-4/h1-5,8-10H;1,3-7H;1-3H. The Labute approximate surface area is 198 Å². The van der Waals surface area contributed by atoms with Gasteiger partial charge in [-0.15, -0.1) is 29.1 Å². The summed E-state index contributed by atoms with van der Waals surface area (Å²) >= 11 is 6.07. The zero-order valence-corrected chi connectivity index (χ0v) is 19.5. The van der Waals surface area contributed by atoms with E-state index in [1.807, 2.05) is 71.4 Å². The lowest BCUT2D eigenvalue weighted by atomic mass is 10.2. The maximum Gasteiger partial charge on any atom is 0.160 e. The fourth-order valence-corrected chi connectivity index (χ4v) is 3.96. The third kappa shape index (κ3) is 9.42. The summed E-state index contributed by atoms with van der Waals surface area (Å²) in [6.07, 6.45) is 6.79. The molecule has 2 nitrogen and oxygen atoms in total. The monoisotopic (exact) mass is 504 g/mol. The molecule has 0 aliphatic rings. The van der Waals surface area contributed by atoms with Crippen LogP contribution in [0.3, 0.4) is 0 Å². The largest absolute Gasteiger partial charge is 0.297 e. The smallest absolute Gasteiger partial charge is 0.160 e. The van der Waals surface area contributed by atoms with Crippen molar-refractivity contribution in [3.8, 4) is 24.2 Å². The first-order valence-electron chi connectivity index (χ1n) is 8.96. The van der Waals surface area contributed by atoms with Crippen LogP contribution in [0.25, 0.3) is 0 Å². The van der Waals surface area contributed by atoms with E-state index in [0.29, 0.717) is 4.88 Å². The highest BCUT2D eigenvalue weighted by molar-refractivity contribution is 9.10. The van der Waals surface area contributed by atoms with Gasteiger partial charge in [0.1, 0.15) is 0 Å². The van der Waals surface area contributed by atoms with Crippen LogP contribution in [0.1, 0.15) is 36.0 Å². The third-order valence-electron chi connectivity index (χ3n) is 3.51. The minimum Gasteiger partial charge on any atom is -0.297 e. The number of thiophene rings is 2. The Morgan fingerprint density at radius 1 is 0.710 bits per heavy atom. The summed E-state index contributed by atoms with van der Waals surface area (Å²) in [5.41, 5.74) is 2.81. The van der Waals surface area contributed by atoms with Crippen molar-refractivity contribution in [2.24, 2.45) is 0 Å². The second-order valence-corrected chi connectivity index (χ2v) is 8.57. The van der Waals surface area contributed by atoms with Crippen LogP contribution in [0, 0.1) is 24.2 Å². The van der Waals surface area contributed by atoms with Gasteiger partial charge < -0.3 is 0 Å². The molecule has 0 spiro atoms. The predicted molar refractivity (Wildman–Crippen MR) is 134 cm³/mol. The molecule has 0 saturated heterocycles. The summed E-state index contributed by atoms with van der Waals surface area (Å²) < 4.78 is 0.976. The fraction of sp³-hybridized carbons (Fsp3) is 0. The molecular weight excluding hydrogens is 488 g/mol. The van der Waals surface area contributed by atoms with Crippen molar-refractivity contribution < 1.29 is 9.59 Å². The van der Waals surface area contributed by atoms with Crippen molar-refractivity contribution in [2.45, 2.75) is 0 Å². The average molecular weight is 505 g/mol. The predicted octanol–water partition coefficient (Wildman–Crippen LogP) is 6.95. The van der Waals surface area contributed by atoms with E-state index in [2.05, 4.69) is 33.7 Å². The molecule has 0 aliphatic heterocycles. The topological polar surface area (TPSA) is 34.1 Å². The van der Waals surface area contributed by atoms with Crippen molar-refractivity contribution in [2.75, 3.05) is 0 Å². The molecule has 2 aromatic heterocycles. The lowest BCUT2D eigenvalue weighted by molar-refractivity contribution is 0.111. The Morgan fingerprint density at radius 3 is 1.65 bits per heavy atom. The maximum absolute atomic E-state index is 10.5. The van der Waals surface area contributed by atoms with Gasteiger partial charge in [-0.2, -0.15) is 0 Å². The van der Waals surface area contributed by atoms with Crippen LogP contribution >= 0.6 is 38.6 Å². The molecule has 0 radical (unpaired) electrons. The molecule has 2 heterocycles. The van der Waals surface area contributed by atoms with E-state index < -0.39 is 0 Å². The van der Waals surface area contributed by atoms with Crippen molar-refractivity contribution in [3.05, 3.63) is 114 Å². The number of carbonyl (C=O) groups is 2. The highest BCUT2D eigenvalue weighted by Gasteiger charge is 1.94. The van der Waals surface area contributed by atoms with Gasteiger partial charge >= 0.3 is 0 Å². The number of aldehydes is 2. The Morgan fingerprint density at radius 2 is 1.23 bits per heavy atom. The lowest BCUT2D eigenvalue weighted by Gasteiger charge is -1.85. The molecule has 4 aromatic rings. The summed E-state index contributed by atoms with van der Waals surface area (Å²) in [5.74, 6) is 8.58. The van der Waals surface area contributed by atoms with Crippen molar-refractivity contribution in [1.29, 1.82) is 0 Å². The summed E-state index contributed by atoms with van der Waals surface area (Å²) in [4.78, 5) is 21.9. The molecule has 0 aliphatic carbocycles. The van der Waals surface area contributed by atoms with Gasteiger partial charge in [-0.25, -0.2) is 0 Å². The minimum atomic E-state index is 0.715. The first kappa shape index (κ1) is 24.1. The maximum atomic E-state index is 10.5. The van der Waals surface area contributed by atoms with E-state index in [0.717, 1.165) is 38.6 Å². The lowest BCUT2D eigenvalue weighted by Crippen LogP contribution is -1.72. The number of hydrogen-bond acceptors (Lipinski definition) is 4. The summed E-state index contributed by atoms with van der Waals surface area (Å²) in [6.45, 7) is 0. The van der Waals surface area contributed by atoms with Crippen molar-refractivity contribution in [1.82, 2.24) is 0 Å². The number of terminal acetylenes is 1. The highest BCUT2D eigenvalue weighted by atomic mass is 79.9. The average Bonchev–Trinajstić information content (AvgIpc) is 3.48. The Hall–Kier alpha value is -3.22. The quantitative estimate of drug-likeness (QED) is 0.218. The van der Waals surface area contributed by atoms with Crippen molar-refractivity contribution >= 4 is 51.2 Å². The van der Waals surface area contributed by atoms with Crippen LogP contribution < -0.4 is 0 Å². The number of halogens is 1. The number of hydrogen-bond donors (Lipinski definition) is 0. The van der Waals surface area contributed by atoms with E-state index in [4.69, 9.17) is 6.42 Å². The van der Waals surface area contributed by atoms with E-state index in [-0.39, 0.29) is 0 Å². The van der Waals surface area contributed by atoms with E-state index in [1.54, 1.807) is 12.1 Å². The summed E-state index contributed by atoms with van der Waals surface area (Å²) in [7, 11) is 0. The Balaban J connectivity index is 0.000000181. The molecule has 4 rings (SSSR count). The van der Waals surface area contributed by atoms with Gasteiger partial charge in [-0.05, 0) is 52.3 Å². The van der Waals surface area contributed by atoms with E-state index >= 15 is 0 Å². The molecule has 0 N–H and O–H groups in total. The zero-order valence-electron chi connectivity index (χ0n) is 16.3. The highest BCUT2D eigenvalue weighted by Crippen LogP contribution is 2.17. The van der Waals surface area contributed by atoms with Crippen molar-refractivity contribution in [3.63, 3.8) is 0 Å². The number of rotatable bonds is 2. The van der Waals surface area contributed by atoms with Gasteiger partial charge in [0.05, 0.1) is 9.75 Å². The molecule has 31 heavy (non-hydrogen) atoms. The zero-order chi connectivity index (χ0) is 22.3. The molecule has 2 aromatic carbocycles. The molecule has 0 fully saturated rings. The molecular formula is C26H17BrO2S2. The molecule has 0 atom stereocenters. The first-order valence-corrected chi connectivity index (χ1v) is 11.5. The van der Waals surface area contributed by atoms with E-state index in [1.165, 1.54) is 22.7 Å². The van der Waals surface area contributed by atoms with Gasteiger partial charge in [0, 0.05) is 31.9 Å². The van der Waals surface area contributed by atoms with Crippen LogP contribution in [-0.4, -0.2) is 12.6 Å². The van der Waals surface area contributed by atoms with Gasteiger partial charge in [0.25, 0.3) is 0 Å². The van der Waals surface area contributed by atoms with Gasteiger partial charge in [0.15, 0.2) is 12.6 Å². The second-order valence-electron chi connectivity index (χ2n) is 5.77. The minimum absolute atomic E-state index is 0.715. The third-order valence-corrected chi connectivity index (χ3v) is 5.98. The molecule has 0 unspecified atom stereocenters. The first-order chi connectivity index (χ1) is 15.1. The molecule has 152 valence electrons. The van der Waals surface area contributed by atoms with Gasteiger partial charge in [-0.3, -0.25) is 9.59 Å². The Kier molecular flexibility index (Phi) is 10.8. The van der Waals surface area contributed by atoms with Crippen LogP contribution in [0.15, 0.2) is 88.0 Å². The number of carbonyl (C=O) groups excluding carboxylic acids is 2. The normalized spacial score (nSPS) is 8.77. The molecule has 0 bridgehead atoms. The number of benzene rings is 2. The van der Waals surface area contributed by atoms with Crippen LogP contribution in [0.5, 0.6) is 0 Å². The van der Waals surface area contributed by atoms with Gasteiger partial charge in [0.2, 0.25) is 0 Å². The van der Waals surface area contributed by atoms with Crippen LogP contribution in [0.4, 0.5) is 0 Å². The molecule has 0 amide bonds. The summed E-state index contributed by atoms with van der Waals surface area (Å²) in [5, 5.41) is 3.77. The van der Waals surface area contributed by atoms with E-state index in [9.17, 15) is 9.59 Å². The van der Waals surface area contributed by atoms with Gasteiger partial charge in [-0.1, -0.05) is 54.2 Å².